The summed E-state index contributed by atoms with van der Waals surface area (Å²) in [5.74, 6) is 0.288. The number of nitro benzene ring substituents is 1. The molecule has 7 nitrogen and oxygen atoms in total. The Kier molecular flexibility index (Phi) is 3.96. The molecule has 0 aliphatic carbocycles. The van der Waals surface area contributed by atoms with Gasteiger partial charge in [0.15, 0.2) is 0 Å². The van der Waals surface area contributed by atoms with Crippen molar-refractivity contribution in [3.8, 4) is 5.75 Å². The molecule has 102 valence electrons. The largest absolute Gasteiger partial charge is 0.415 e. The molecule has 0 saturated carbocycles. The van der Waals surface area contributed by atoms with Gasteiger partial charge in [-0.3, -0.25) is 10.1 Å². The summed E-state index contributed by atoms with van der Waals surface area (Å²) in [5, 5.41) is 10.5. The number of benzene rings is 1. The molecule has 0 bridgehead atoms. The van der Waals surface area contributed by atoms with E-state index in [1.54, 1.807) is 12.0 Å². The van der Waals surface area contributed by atoms with E-state index in [-0.39, 0.29) is 17.5 Å². The Hall–Kier alpha value is -2.15. The van der Waals surface area contributed by atoms with Crippen molar-refractivity contribution >= 4 is 11.8 Å². The number of nitrogens with zero attached hydrogens (tertiary/aromatic N) is 2. The number of carbonyl (C=O) groups excluding carboxylic acids is 1. The lowest BCUT2D eigenvalue weighted by Crippen LogP contribution is -2.32. The minimum atomic E-state index is -0.505. The number of amides is 1. The molecule has 7 heteroatoms. The Morgan fingerprint density at radius 3 is 2.63 bits per heavy atom. The second-order valence-corrected chi connectivity index (χ2v) is 4.21. The van der Waals surface area contributed by atoms with Gasteiger partial charge in [0.25, 0.3) is 5.69 Å². The molecule has 1 saturated heterocycles. The summed E-state index contributed by atoms with van der Waals surface area (Å²) < 4.78 is 10.3. The van der Waals surface area contributed by atoms with Gasteiger partial charge in [-0.05, 0) is 18.6 Å². The monoisotopic (exact) mass is 266 g/mol. The molecule has 1 aromatic rings. The van der Waals surface area contributed by atoms with E-state index in [1.165, 1.54) is 24.3 Å². The Bertz CT molecular complexity index is 474. The molecular weight excluding hydrogens is 252 g/mol. The van der Waals surface area contributed by atoms with Crippen molar-refractivity contribution in [2.75, 3.05) is 20.2 Å². The number of hydrogen-bond acceptors (Lipinski definition) is 5. The first-order chi connectivity index (χ1) is 9.10. The highest BCUT2D eigenvalue weighted by Crippen LogP contribution is 2.19. The van der Waals surface area contributed by atoms with Crippen molar-refractivity contribution < 1.29 is 19.2 Å². The molecule has 0 N–H and O–H groups in total. The van der Waals surface area contributed by atoms with E-state index in [4.69, 9.17) is 9.47 Å². The van der Waals surface area contributed by atoms with E-state index < -0.39 is 11.0 Å². The Balaban J connectivity index is 1.94. The molecule has 19 heavy (non-hydrogen) atoms. The minimum Gasteiger partial charge on any atom is -0.410 e. The predicted octanol–water partition coefficient (Wildman–Crippen LogP) is 1.81. The average molecular weight is 266 g/mol. The second-order valence-electron chi connectivity index (χ2n) is 4.21. The van der Waals surface area contributed by atoms with Crippen molar-refractivity contribution in [3.63, 3.8) is 0 Å². The highest BCUT2D eigenvalue weighted by molar-refractivity contribution is 5.71. The van der Waals surface area contributed by atoms with Crippen LogP contribution in [0.5, 0.6) is 5.75 Å². The van der Waals surface area contributed by atoms with Crippen LogP contribution < -0.4 is 4.74 Å². The molecule has 1 amide bonds. The lowest BCUT2D eigenvalue weighted by Gasteiger charge is -2.15. The number of ether oxygens (including phenoxy) is 2. The molecule has 1 aliphatic rings. The summed E-state index contributed by atoms with van der Waals surface area (Å²) in [7, 11) is 1.61. The molecule has 2 rings (SSSR count). The minimum absolute atomic E-state index is 0.0413. The number of hydrogen-bond donors (Lipinski definition) is 0. The van der Waals surface area contributed by atoms with Crippen molar-refractivity contribution in [1.82, 2.24) is 4.90 Å². The fourth-order valence-corrected chi connectivity index (χ4v) is 1.89. The van der Waals surface area contributed by atoms with E-state index in [9.17, 15) is 14.9 Å². The third-order valence-electron chi connectivity index (χ3n) is 2.99. The van der Waals surface area contributed by atoms with E-state index in [0.29, 0.717) is 13.1 Å². The van der Waals surface area contributed by atoms with Crippen LogP contribution in [0.15, 0.2) is 24.3 Å². The third kappa shape index (κ3) is 3.19. The van der Waals surface area contributed by atoms with Gasteiger partial charge in [-0.2, -0.15) is 0 Å². The van der Waals surface area contributed by atoms with Crippen LogP contribution in [0.3, 0.4) is 0 Å². The molecular formula is C12H14N2O5. The lowest BCUT2D eigenvalue weighted by molar-refractivity contribution is -0.384. The van der Waals surface area contributed by atoms with Crippen molar-refractivity contribution in [3.05, 3.63) is 34.4 Å². The zero-order valence-corrected chi connectivity index (χ0v) is 10.4. The molecule has 0 unspecified atom stereocenters. The Morgan fingerprint density at radius 1 is 1.42 bits per heavy atom. The number of non-ortho nitro benzene ring substituents is 1. The molecule has 1 aromatic carbocycles. The highest BCUT2D eigenvalue weighted by atomic mass is 16.6. The zero-order chi connectivity index (χ0) is 13.8. The lowest BCUT2D eigenvalue weighted by atomic mass is 10.3. The van der Waals surface area contributed by atoms with E-state index in [0.717, 1.165) is 6.42 Å². The van der Waals surface area contributed by atoms with Crippen molar-refractivity contribution in [2.45, 2.75) is 12.5 Å². The maximum Gasteiger partial charge on any atom is 0.415 e. The topological polar surface area (TPSA) is 81.9 Å². The van der Waals surface area contributed by atoms with Crippen LogP contribution >= 0.6 is 0 Å². The van der Waals surface area contributed by atoms with Crippen molar-refractivity contribution in [1.29, 1.82) is 0 Å². The first-order valence-corrected chi connectivity index (χ1v) is 5.84. The van der Waals surface area contributed by atoms with Gasteiger partial charge in [0, 0.05) is 25.8 Å². The summed E-state index contributed by atoms with van der Waals surface area (Å²) >= 11 is 0. The first-order valence-electron chi connectivity index (χ1n) is 5.84. The van der Waals surface area contributed by atoms with Gasteiger partial charge >= 0.3 is 6.09 Å². The van der Waals surface area contributed by atoms with Crippen LogP contribution in [0.2, 0.25) is 0 Å². The molecule has 0 spiro atoms. The molecule has 1 heterocycles. The molecule has 1 aliphatic heterocycles. The summed E-state index contributed by atoms with van der Waals surface area (Å²) in [6, 6.07) is 5.40. The molecule has 0 aromatic heterocycles. The van der Waals surface area contributed by atoms with Gasteiger partial charge in [0.1, 0.15) is 5.75 Å². The zero-order valence-electron chi connectivity index (χ0n) is 10.4. The Morgan fingerprint density at radius 2 is 2.11 bits per heavy atom. The summed E-state index contributed by atoms with van der Waals surface area (Å²) in [6.07, 6.45) is 0.365. The van der Waals surface area contributed by atoms with Gasteiger partial charge in [-0.1, -0.05) is 0 Å². The van der Waals surface area contributed by atoms with Gasteiger partial charge in [-0.25, -0.2) is 4.79 Å². The van der Waals surface area contributed by atoms with Crippen LogP contribution in [0, 0.1) is 10.1 Å². The predicted molar refractivity (Wildman–Crippen MR) is 66.1 cm³/mol. The number of nitro groups is 1. The van der Waals surface area contributed by atoms with Crippen molar-refractivity contribution in [2.24, 2.45) is 0 Å². The smallest absolute Gasteiger partial charge is 0.410 e. The highest BCUT2D eigenvalue weighted by Gasteiger charge is 2.27. The quantitative estimate of drug-likeness (QED) is 0.615. The number of rotatable bonds is 3. The molecule has 1 atom stereocenters. The van der Waals surface area contributed by atoms with E-state index in [1.807, 2.05) is 0 Å². The third-order valence-corrected chi connectivity index (χ3v) is 2.99. The molecule has 1 fully saturated rings. The first kappa shape index (κ1) is 13.3. The van der Waals surface area contributed by atoms with Gasteiger partial charge < -0.3 is 14.4 Å². The number of methoxy groups -OCH3 is 1. The molecule has 0 radical (unpaired) electrons. The maximum atomic E-state index is 11.8. The SMILES string of the molecule is CO[C@H]1CCN(C(=O)Oc2ccc([N+](=O)[O-])cc2)C1. The second kappa shape index (κ2) is 5.66. The van der Waals surface area contributed by atoms with Gasteiger partial charge in [0.05, 0.1) is 17.6 Å². The van der Waals surface area contributed by atoms with E-state index in [2.05, 4.69) is 0 Å². The summed E-state index contributed by atoms with van der Waals surface area (Å²) in [4.78, 5) is 23.3. The van der Waals surface area contributed by atoms with E-state index >= 15 is 0 Å². The van der Waals surface area contributed by atoms with Crippen LogP contribution in [0.4, 0.5) is 10.5 Å². The fourth-order valence-electron chi connectivity index (χ4n) is 1.89. The fraction of sp³-hybridized carbons (Fsp3) is 0.417. The summed E-state index contributed by atoms with van der Waals surface area (Å²) in [5.41, 5.74) is -0.0413. The van der Waals surface area contributed by atoms with Crippen LogP contribution in [-0.4, -0.2) is 42.2 Å². The van der Waals surface area contributed by atoms with Gasteiger partial charge in [0.2, 0.25) is 0 Å². The standard InChI is InChI=1S/C12H14N2O5/c1-18-11-6-7-13(8-11)12(15)19-10-4-2-9(3-5-10)14(16)17/h2-5,11H,6-8H2,1H3/t11-/m0/s1. The number of likely N-dealkylation sites (tertiary alicyclic amines) is 1. The summed E-state index contributed by atoms with van der Waals surface area (Å²) in [6.45, 7) is 1.09. The van der Waals surface area contributed by atoms with Crippen LogP contribution in [0.25, 0.3) is 0 Å². The Labute approximate surface area is 109 Å². The van der Waals surface area contributed by atoms with Crippen LogP contribution in [0.1, 0.15) is 6.42 Å². The number of carbonyl (C=O) groups is 1. The normalized spacial score (nSPS) is 18.4. The maximum absolute atomic E-state index is 11.8. The van der Waals surface area contributed by atoms with Gasteiger partial charge in [-0.15, -0.1) is 0 Å². The average Bonchev–Trinajstić information content (AvgIpc) is 2.88. The van der Waals surface area contributed by atoms with Crippen LogP contribution in [-0.2, 0) is 4.74 Å².